The minimum Gasteiger partial charge on any atom is -0.496 e. The van der Waals surface area contributed by atoms with Crippen LogP contribution in [0.4, 0.5) is 0 Å². The minimum atomic E-state index is 0.162. The fourth-order valence-corrected chi connectivity index (χ4v) is 2.10. The Labute approximate surface area is 121 Å². The third kappa shape index (κ3) is 5.22. The van der Waals surface area contributed by atoms with Gasteiger partial charge in [0.25, 0.3) is 0 Å². The summed E-state index contributed by atoms with van der Waals surface area (Å²) < 4.78 is 5.40. The van der Waals surface area contributed by atoms with Crippen molar-refractivity contribution in [3.05, 3.63) is 29.3 Å². The van der Waals surface area contributed by atoms with Gasteiger partial charge in [0.1, 0.15) is 5.75 Å². The average Bonchev–Trinajstić information content (AvgIpc) is 2.46. The van der Waals surface area contributed by atoms with E-state index in [1.807, 2.05) is 18.2 Å². The van der Waals surface area contributed by atoms with Crippen molar-refractivity contribution < 1.29 is 9.84 Å². The first-order chi connectivity index (χ1) is 9.74. The summed E-state index contributed by atoms with van der Waals surface area (Å²) in [6, 6.07) is 5.89. The van der Waals surface area contributed by atoms with Gasteiger partial charge >= 0.3 is 0 Å². The third-order valence-electron chi connectivity index (χ3n) is 2.97. The molecule has 0 bridgehead atoms. The lowest BCUT2D eigenvalue weighted by Gasteiger charge is -2.22. The van der Waals surface area contributed by atoms with Gasteiger partial charge in [0.05, 0.1) is 20.3 Å². The molecule has 0 spiro atoms. The van der Waals surface area contributed by atoms with Crippen LogP contribution in [0.1, 0.15) is 24.5 Å². The summed E-state index contributed by atoms with van der Waals surface area (Å²) in [6.45, 7) is 5.00. The van der Waals surface area contributed by atoms with E-state index >= 15 is 0 Å². The Bertz CT molecular complexity index is 457. The van der Waals surface area contributed by atoms with Crippen LogP contribution in [0.15, 0.2) is 18.2 Å². The fourth-order valence-electron chi connectivity index (χ4n) is 2.10. The standard InChI is InChI=1S/C16H24N2O2/c1-3-9-18(10-11-19)13-15-12-14(5-4-8-17)6-7-16(15)20-2/h6-7,12,19H,3,8-11,13,17H2,1-2H3. The van der Waals surface area contributed by atoms with Gasteiger partial charge in [0.2, 0.25) is 0 Å². The molecule has 1 aromatic rings. The van der Waals surface area contributed by atoms with Crippen LogP contribution in [0.5, 0.6) is 5.75 Å². The number of methoxy groups -OCH3 is 1. The first-order valence-corrected chi connectivity index (χ1v) is 6.94. The molecule has 1 rings (SSSR count). The zero-order valence-corrected chi connectivity index (χ0v) is 12.4. The van der Waals surface area contributed by atoms with E-state index in [0.29, 0.717) is 13.1 Å². The van der Waals surface area contributed by atoms with Crippen molar-refractivity contribution in [1.82, 2.24) is 4.90 Å². The number of nitrogens with two attached hydrogens (primary N) is 1. The third-order valence-corrected chi connectivity index (χ3v) is 2.97. The summed E-state index contributed by atoms with van der Waals surface area (Å²) in [4.78, 5) is 2.21. The number of benzene rings is 1. The summed E-state index contributed by atoms with van der Waals surface area (Å²) in [5.41, 5.74) is 7.41. The molecule has 0 aromatic heterocycles. The number of nitrogens with zero attached hydrogens (tertiary/aromatic N) is 1. The number of aliphatic hydroxyl groups is 1. The summed E-state index contributed by atoms with van der Waals surface area (Å²) in [5, 5.41) is 9.13. The Balaban J connectivity index is 2.94. The SMILES string of the molecule is CCCN(CCO)Cc1cc(C#CCN)ccc1OC. The molecule has 0 aliphatic carbocycles. The van der Waals surface area contributed by atoms with E-state index in [1.165, 1.54) is 0 Å². The molecule has 1 aromatic carbocycles. The van der Waals surface area contributed by atoms with Crippen LogP contribution < -0.4 is 10.5 Å². The average molecular weight is 276 g/mol. The number of hydrogen-bond acceptors (Lipinski definition) is 4. The molecule has 0 unspecified atom stereocenters. The number of rotatable bonds is 7. The molecule has 0 aliphatic heterocycles. The van der Waals surface area contributed by atoms with E-state index in [0.717, 1.165) is 36.4 Å². The van der Waals surface area contributed by atoms with Gasteiger partial charge in [-0.25, -0.2) is 0 Å². The molecule has 0 atom stereocenters. The minimum absolute atomic E-state index is 0.162. The molecule has 20 heavy (non-hydrogen) atoms. The van der Waals surface area contributed by atoms with Crippen LogP contribution >= 0.6 is 0 Å². The van der Waals surface area contributed by atoms with Gasteiger partial charge in [0.15, 0.2) is 0 Å². The first-order valence-electron chi connectivity index (χ1n) is 6.94. The zero-order valence-electron chi connectivity index (χ0n) is 12.4. The number of ether oxygens (including phenoxy) is 1. The molecule has 0 saturated carbocycles. The van der Waals surface area contributed by atoms with E-state index in [-0.39, 0.29) is 6.61 Å². The van der Waals surface area contributed by atoms with Gasteiger partial charge < -0.3 is 15.6 Å². The van der Waals surface area contributed by atoms with Crippen molar-refractivity contribution in [1.29, 1.82) is 0 Å². The predicted molar refractivity (Wildman–Crippen MR) is 81.6 cm³/mol. The van der Waals surface area contributed by atoms with Crippen molar-refractivity contribution >= 4 is 0 Å². The lowest BCUT2D eigenvalue weighted by atomic mass is 10.1. The van der Waals surface area contributed by atoms with Crippen LogP contribution in [0, 0.1) is 11.8 Å². The van der Waals surface area contributed by atoms with Crippen LogP contribution in [0.2, 0.25) is 0 Å². The molecule has 110 valence electrons. The van der Waals surface area contributed by atoms with Gasteiger partial charge in [-0.3, -0.25) is 4.90 Å². The number of hydrogen-bond donors (Lipinski definition) is 2. The lowest BCUT2D eigenvalue weighted by Crippen LogP contribution is -2.27. The maximum absolute atomic E-state index is 9.13. The maximum atomic E-state index is 9.13. The van der Waals surface area contributed by atoms with Crippen LogP contribution in [-0.4, -0.2) is 43.4 Å². The molecule has 0 fully saturated rings. The smallest absolute Gasteiger partial charge is 0.123 e. The molecule has 4 nitrogen and oxygen atoms in total. The molecule has 0 radical (unpaired) electrons. The largest absolute Gasteiger partial charge is 0.496 e. The zero-order chi connectivity index (χ0) is 14.8. The lowest BCUT2D eigenvalue weighted by molar-refractivity contribution is 0.189. The van der Waals surface area contributed by atoms with Crippen LogP contribution in [0.3, 0.4) is 0 Å². The fraction of sp³-hybridized carbons (Fsp3) is 0.500. The Hall–Kier alpha value is -1.54. The highest BCUT2D eigenvalue weighted by molar-refractivity contribution is 5.44. The second kappa shape index (κ2) is 9.38. The second-order valence-electron chi connectivity index (χ2n) is 4.53. The van der Waals surface area contributed by atoms with Crippen molar-refractivity contribution in [3.63, 3.8) is 0 Å². The Kier molecular flexibility index (Phi) is 7.74. The van der Waals surface area contributed by atoms with Crippen molar-refractivity contribution in [2.75, 3.05) is 33.4 Å². The molecule has 0 heterocycles. The van der Waals surface area contributed by atoms with E-state index in [9.17, 15) is 0 Å². The van der Waals surface area contributed by atoms with Gasteiger partial charge in [0, 0.05) is 24.2 Å². The quantitative estimate of drug-likeness (QED) is 0.735. The Morgan fingerprint density at radius 3 is 2.75 bits per heavy atom. The predicted octanol–water partition coefficient (Wildman–Crippen LogP) is 1.21. The Morgan fingerprint density at radius 1 is 1.35 bits per heavy atom. The van der Waals surface area contributed by atoms with Gasteiger partial charge in [-0.2, -0.15) is 0 Å². The highest BCUT2D eigenvalue weighted by Gasteiger charge is 2.09. The molecule has 3 N–H and O–H groups in total. The van der Waals surface area contributed by atoms with Crippen LogP contribution in [0.25, 0.3) is 0 Å². The summed E-state index contributed by atoms with van der Waals surface area (Å²) in [6.07, 6.45) is 1.05. The summed E-state index contributed by atoms with van der Waals surface area (Å²) in [5.74, 6) is 6.74. The first kappa shape index (κ1) is 16.5. The normalized spacial score (nSPS) is 10.2. The van der Waals surface area contributed by atoms with Crippen molar-refractivity contribution in [2.45, 2.75) is 19.9 Å². The monoisotopic (exact) mass is 276 g/mol. The summed E-state index contributed by atoms with van der Waals surface area (Å²) >= 11 is 0. The highest BCUT2D eigenvalue weighted by atomic mass is 16.5. The van der Waals surface area contributed by atoms with Gasteiger partial charge in [-0.05, 0) is 31.2 Å². The van der Waals surface area contributed by atoms with Crippen LogP contribution in [-0.2, 0) is 6.54 Å². The Morgan fingerprint density at radius 2 is 2.15 bits per heavy atom. The van der Waals surface area contributed by atoms with Crippen molar-refractivity contribution in [2.24, 2.45) is 5.73 Å². The van der Waals surface area contributed by atoms with Gasteiger partial charge in [-0.15, -0.1) is 0 Å². The molecule has 0 amide bonds. The molecular formula is C16H24N2O2. The number of aliphatic hydroxyl groups excluding tert-OH is 1. The molecule has 0 aliphatic rings. The molecule has 4 heteroatoms. The summed E-state index contributed by atoms with van der Waals surface area (Å²) in [7, 11) is 1.67. The van der Waals surface area contributed by atoms with E-state index in [4.69, 9.17) is 15.6 Å². The molecular weight excluding hydrogens is 252 g/mol. The maximum Gasteiger partial charge on any atom is 0.123 e. The van der Waals surface area contributed by atoms with E-state index < -0.39 is 0 Å². The van der Waals surface area contributed by atoms with E-state index in [2.05, 4.69) is 23.7 Å². The molecule has 0 saturated heterocycles. The van der Waals surface area contributed by atoms with Crippen molar-refractivity contribution in [3.8, 4) is 17.6 Å². The van der Waals surface area contributed by atoms with Gasteiger partial charge in [-0.1, -0.05) is 18.8 Å². The van der Waals surface area contributed by atoms with E-state index in [1.54, 1.807) is 7.11 Å². The topological polar surface area (TPSA) is 58.7 Å². The second-order valence-corrected chi connectivity index (χ2v) is 4.53. The highest BCUT2D eigenvalue weighted by Crippen LogP contribution is 2.21.